The van der Waals surface area contributed by atoms with Crippen molar-refractivity contribution in [2.75, 3.05) is 25.0 Å². The highest BCUT2D eigenvalue weighted by Crippen LogP contribution is 2.35. The van der Waals surface area contributed by atoms with Crippen LogP contribution in [0.15, 0.2) is 41.7 Å². The summed E-state index contributed by atoms with van der Waals surface area (Å²) in [7, 11) is 0. The first-order chi connectivity index (χ1) is 16.5. The monoisotopic (exact) mass is 490 g/mol. The van der Waals surface area contributed by atoms with Crippen molar-refractivity contribution in [3.8, 4) is 17.5 Å². The molecular weight excluding hydrogens is 472 g/mol. The molecule has 0 fully saturated rings. The van der Waals surface area contributed by atoms with Crippen LogP contribution < -0.4 is 10.9 Å². The predicted molar refractivity (Wildman–Crippen MR) is 117 cm³/mol. The Morgan fingerprint density at radius 2 is 2.09 bits per heavy atom. The van der Waals surface area contributed by atoms with Gasteiger partial charge in [0.25, 0.3) is 5.56 Å². The molecule has 13 heteroatoms. The second-order valence-electron chi connectivity index (χ2n) is 7.09. The highest BCUT2D eigenvalue weighted by atomic mass is 19.4. The van der Waals surface area contributed by atoms with Crippen molar-refractivity contribution in [2.24, 2.45) is 0 Å². The van der Waals surface area contributed by atoms with E-state index in [2.05, 4.69) is 21.9 Å². The molecule has 2 heterocycles. The van der Waals surface area contributed by atoms with Crippen molar-refractivity contribution in [3.05, 3.63) is 64.6 Å². The quantitative estimate of drug-likeness (QED) is 0.386. The number of anilines is 1. The number of nitrogens with zero attached hydrogens (tertiary/aromatic N) is 5. The van der Waals surface area contributed by atoms with Crippen LogP contribution in [0.3, 0.4) is 0 Å². The number of pyridine rings is 1. The zero-order valence-corrected chi connectivity index (χ0v) is 18.2. The van der Waals surface area contributed by atoms with E-state index in [0.29, 0.717) is 12.6 Å². The Bertz CT molecular complexity index is 1390. The third-order valence-electron chi connectivity index (χ3n) is 4.99. The summed E-state index contributed by atoms with van der Waals surface area (Å²) < 4.78 is 56.4. The number of aromatic nitrogens is 3. The van der Waals surface area contributed by atoms with Crippen LogP contribution in [-0.4, -0.2) is 50.1 Å². The SMILES string of the molecule is C=CC(=O)N(CC)CCNc1nc(C#N)nc2c(=O)n(-c3c(O)cccc3F)c(C(F)(F)F)cc12. The van der Waals surface area contributed by atoms with Gasteiger partial charge in [-0.25, -0.2) is 14.4 Å². The van der Waals surface area contributed by atoms with Crippen LogP contribution in [0.25, 0.3) is 16.6 Å². The van der Waals surface area contributed by atoms with E-state index in [1.165, 1.54) is 4.90 Å². The molecule has 0 spiro atoms. The van der Waals surface area contributed by atoms with Gasteiger partial charge in [0.15, 0.2) is 5.82 Å². The van der Waals surface area contributed by atoms with E-state index in [4.69, 9.17) is 0 Å². The van der Waals surface area contributed by atoms with Crippen molar-refractivity contribution in [1.29, 1.82) is 5.26 Å². The fourth-order valence-electron chi connectivity index (χ4n) is 3.39. The van der Waals surface area contributed by atoms with Crippen molar-refractivity contribution in [2.45, 2.75) is 13.1 Å². The van der Waals surface area contributed by atoms with E-state index in [0.717, 1.165) is 24.3 Å². The molecule has 0 aliphatic heterocycles. The summed E-state index contributed by atoms with van der Waals surface area (Å²) in [5, 5.41) is 21.7. The molecule has 1 aromatic carbocycles. The summed E-state index contributed by atoms with van der Waals surface area (Å²) in [6.07, 6.45) is -4.05. The minimum absolute atomic E-state index is 0.00292. The maximum Gasteiger partial charge on any atom is 0.431 e. The predicted octanol–water partition coefficient (Wildman–Crippen LogP) is 2.96. The van der Waals surface area contributed by atoms with E-state index in [9.17, 15) is 37.5 Å². The Kier molecular flexibility index (Phi) is 7.04. The van der Waals surface area contributed by atoms with Gasteiger partial charge < -0.3 is 15.3 Å². The van der Waals surface area contributed by atoms with Crippen molar-refractivity contribution in [1.82, 2.24) is 19.4 Å². The molecule has 0 saturated carbocycles. The Hall–Kier alpha value is -4.47. The first-order valence-electron chi connectivity index (χ1n) is 10.1. The van der Waals surface area contributed by atoms with Crippen LogP contribution >= 0.6 is 0 Å². The van der Waals surface area contributed by atoms with Crippen LogP contribution in [0.1, 0.15) is 18.4 Å². The normalized spacial score (nSPS) is 11.2. The molecule has 3 rings (SSSR count). The van der Waals surface area contributed by atoms with E-state index < -0.39 is 46.0 Å². The van der Waals surface area contributed by atoms with Gasteiger partial charge in [-0.05, 0) is 31.2 Å². The van der Waals surface area contributed by atoms with Gasteiger partial charge >= 0.3 is 6.18 Å². The average molecular weight is 490 g/mol. The maximum absolute atomic E-state index is 14.5. The smallest absolute Gasteiger partial charge is 0.431 e. The van der Waals surface area contributed by atoms with E-state index in [1.807, 2.05) is 0 Å². The lowest BCUT2D eigenvalue weighted by Gasteiger charge is -2.20. The summed E-state index contributed by atoms with van der Waals surface area (Å²) in [5.41, 5.74) is -4.64. The number of fused-ring (bicyclic) bond motifs is 1. The number of nitrogens with one attached hydrogen (secondary N) is 1. The third kappa shape index (κ3) is 4.91. The van der Waals surface area contributed by atoms with E-state index >= 15 is 0 Å². The Balaban J connectivity index is 2.25. The summed E-state index contributed by atoms with van der Waals surface area (Å²) in [6, 6.07) is 4.91. The molecule has 0 atom stereocenters. The number of para-hydroxylation sites is 1. The molecule has 0 aliphatic carbocycles. The van der Waals surface area contributed by atoms with Gasteiger partial charge in [-0.2, -0.15) is 18.4 Å². The number of phenols is 1. The molecular formula is C22H18F4N6O3. The standard InChI is InChI=1S/C22H18F4N6O3/c1-3-17(34)31(4-2)9-8-28-20-12-10-15(22(24,25)26)32(19-13(23)6-5-7-14(19)33)21(35)18(12)29-16(11-27)30-20/h3,5-7,10,33H,1,4,8-9H2,2H3,(H,28,29,30). The minimum atomic E-state index is -5.15. The topological polar surface area (TPSA) is 124 Å². The van der Waals surface area contributed by atoms with Crippen LogP contribution in [0.2, 0.25) is 0 Å². The van der Waals surface area contributed by atoms with Crippen molar-refractivity contribution >= 4 is 22.6 Å². The van der Waals surface area contributed by atoms with Gasteiger partial charge in [0.2, 0.25) is 11.7 Å². The summed E-state index contributed by atoms with van der Waals surface area (Å²) in [4.78, 5) is 34.0. The van der Waals surface area contributed by atoms with Crippen molar-refractivity contribution in [3.63, 3.8) is 0 Å². The molecule has 2 aromatic heterocycles. The largest absolute Gasteiger partial charge is 0.506 e. The number of aromatic hydroxyl groups is 1. The lowest BCUT2D eigenvalue weighted by Crippen LogP contribution is -2.33. The highest BCUT2D eigenvalue weighted by molar-refractivity contribution is 5.90. The Morgan fingerprint density at radius 3 is 2.66 bits per heavy atom. The van der Waals surface area contributed by atoms with E-state index in [1.54, 1.807) is 13.0 Å². The molecule has 1 amide bonds. The first kappa shape index (κ1) is 25.2. The molecule has 0 saturated heterocycles. The molecule has 0 unspecified atom stereocenters. The number of rotatable bonds is 7. The number of hydrogen-bond donors (Lipinski definition) is 2. The number of hydrogen-bond acceptors (Lipinski definition) is 7. The number of halogens is 4. The molecule has 2 N–H and O–H groups in total. The molecule has 0 bridgehead atoms. The van der Waals surface area contributed by atoms with Gasteiger partial charge in [0.05, 0.1) is 5.39 Å². The fourth-order valence-corrected chi connectivity index (χ4v) is 3.39. The summed E-state index contributed by atoms with van der Waals surface area (Å²) >= 11 is 0. The number of carbonyl (C=O) groups is 1. The lowest BCUT2D eigenvalue weighted by atomic mass is 10.2. The zero-order chi connectivity index (χ0) is 25.9. The summed E-state index contributed by atoms with van der Waals surface area (Å²) in [6.45, 7) is 5.55. The average Bonchev–Trinajstić information content (AvgIpc) is 2.81. The van der Waals surface area contributed by atoms with E-state index in [-0.39, 0.29) is 34.8 Å². The second-order valence-corrected chi connectivity index (χ2v) is 7.09. The molecule has 182 valence electrons. The van der Waals surface area contributed by atoms with Crippen LogP contribution in [0, 0.1) is 17.1 Å². The summed E-state index contributed by atoms with van der Waals surface area (Å²) in [5.74, 6) is -3.35. The molecule has 0 radical (unpaired) electrons. The number of alkyl halides is 3. The highest BCUT2D eigenvalue weighted by Gasteiger charge is 2.37. The Morgan fingerprint density at radius 1 is 1.37 bits per heavy atom. The van der Waals surface area contributed by atoms with Gasteiger partial charge in [-0.15, -0.1) is 0 Å². The van der Waals surface area contributed by atoms with Crippen LogP contribution in [0.5, 0.6) is 5.75 Å². The number of amides is 1. The molecule has 35 heavy (non-hydrogen) atoms. The number of nitriles is 1. The first-order valence-corrected chi connectivity index (χ1v) is 10.1. The second kappa shape index (κ2) is 9.80. The molecule has 3 aromatic rings. The fraction of sp³-hybridized carbons (Fsp3) is 0.227. The van der Waals surface area contributed by atoms with Gasteiger partial charge in [-0.3, -0.25) is 14.2 Å². The maximum atomic E-state index is 14.5. The third-order valence-corrected chi connectivity index (χ3v) is 4.99. The number of likely N-dealkylation sites (N-methyl/N-ethyl adjacent to an activating group) is 1. The Labute approximate surface area is 195 Å². The van der Waals surface area contributed by atoms with Gasteiger partial charge in [0.1, 0.15) is 34.5 Å². The number of carbonyl (C=O) groups excluding carboxylic acids is 1. The number of benzene rings is 1. The van der Waals surface area contributed by atoms with Gasteiger partial charge in [-0.1, -0.05) is 12.6 Å². The molecule has 9 nitrogen and oxygen atoms in total. The van der Waals surface area contributed by atoms with Gasteiger partial charge in [0, 0.05) is 19.6 Å². The van der Waals surface area contributed by atoms with Crippen LogP contribution in [0.4, 0.5) is 23.4 Å². The minimum Gasteiger partial charge on any atom is -0.506 e. The lowest BCUT2D eigenvalue weighted by molar-refractivity contribution is -0.142. The molecule has 0 aliphatic rings. The zero-order valence-electron chi connectivity index (χ0n) is 18.2. The number of phenolic OH excluding ortho intramolecular Hbond substituents is 1. The van der Waals surface area contributed by atoms with Crippen LogP contribution in [-0.2, 0) is 11.0 Å². The van der Waals surface area contributed by atoms with Crippen molar-refractivity contribution < 1.29 is 27.5 Å².